The molecular formula is C14H16N4S. The maximum Gasteiger partial charge on any atom is 0.166 e. The number of thiophene rings is 1. The van der Waals surface area contributed by atoms with Crippen LogP contribution in [-0.4, -0.2) is 21.3 Å². The van der Waals surface area contributed by atoms with Crippen molar-refractivity contribution >= 4 is 37.6 Å². The van der Waals surface area contributed by atoms with Gasteiger partial charge in [0.05, 0.1) is 10.2 Å². The second-order valence-corrected chi connectivity index (χ2v) is 6.38. The van der Waals surface area contributed by atoms with Crippen molar-refractivity contribution in [2.75, 3.05) is 11.9 Å². The summed E-state index contributed by atoms with van der Waals surface area (Å²) in [5, 5.41) is 9.38. The molecule has 1 aliphatic rings. The van der Waals surface area contributed by atoms with E-state index in [-0.39, 0.29) is 0 Å². The molecule has 3 heterocycles. The minimum Gasteiger partial charge on any atom is -0.367 e. The maximum atomic E-state index is 4.63. The van der Waals surface area contributed by atoms with Crippen LogP contribution >= 0.6 is 11.3 Å². The molecule has 3 aromatic heterocycles. The van der Waals surface area contributed by atoms with Gasteiger partial charge in [-0.2, -0.15) is 5.10 Å². The molecule has 1 N–H and O–H groups in total. The van der Waals surface area contributed by atoms with Gasteiger partial charge in [-0.25, -0.2) is 4.98 Å². The van der Waals surface area contributed by atoms with Crippen LogP contribution in [-0.2, 0) is 7.05 Å². The summed E-state index contributed by atoms with van der Waals surface area (Å²) in [5.41, 5.74) is 2.48. The van der Waals surface area contributed by atoms with E-state index in [0.29, 0.717) is 0 Å². The predicted molar refractivity (Wildman–Crippen MR) is 79.8 cm³/mol. The monoisotopic (exact) mass is 272 g/mol. The first-order valence-corrected chi connectivity index (χ1v) is 7.50. The van der Waals surface area contributed by atoms with Crippen molar-refractivity contribution in [2.45, 2.75) is 19.8 Å². The summed E-state index contributed by atoms with van der Waals surface area (Å²) < 4.78 is 3.22. The van der Waals surface area contributed by atoms with Crippen molar-refractivity contribution in [1.82, 2.24) is 14.8 Å². The third-order valence-electron chi connectivity index (χ3n) is 3.82. The number of pyridine rings is 1. The van der Waals surface area contributed by atoms with Gasteiger partial charge in [-0.3, -0.25) is 4.68 Å². The Hall–Kier alpha value is -1.62. The van der Waals surface area contributed by atoms with E-state index in [0.717, 1.165) is 23.1 Å². The van der Waals surface area contributed by atoms with Gasteiger partial charge in [0.2, 0.25) is 0 Å². The SMILES string of the molecule is Cc1ccnc2sc3c(NCC4CC4)nn(C)c3c12. The minimum atomic E-state index is 0.853. The number of hydrogen-bond donors (Lipinski definition) is 1. The van der Waals surface area contributed by atoms with Crippen molar-refractivity contribution in [1.29, 1.82) is 0 Å². The zero-order chi connectivity index (χ0) is 13.0. The highest BCUT2D eigenvalue weighted by Gasteiger charge is 2.23. The second-order valence-electron chi connectivity index (χ2n) is 5.38. The molecule has 4 rings (SSSR count). The van der Waals surface area contributed by atoms with Crippen molar-refractivity contribution < 1.29 is 0 Å². The second kappa shape index (κ2) is 3.93. The smallest absolute Gasteiger partial charge is 0.166 e. The summed E-state index contributed by atoms with van der Waals surface area (Å²) in [6.45, 7) is 3.19. The largest absolute Gasteiger partial charge is 0.367 e. The lowest BCUT2D eigenvalue weighted by atomic mass is 10.2. The van der Waals surface area contributed by atoms with E-state index >= 15 is 0 Å². The quantitative estimate of drug-likeness (QED) is 0.795. The van der Waals surface area contributed by atoms with E-state index in [9.17, 15) is 0 Å². The van der Waals surface area contributed by atoms with Gasteiger partial charge >= 0.3 is 0 Å². The zero-order valence-corrected chi connectivity index (χ0v) is 11.9. The van der Waals surface area contributed by atoms with Crippen molar-refractivity contribution in [3.63, 3.8) is 0 Å². The average Bonchev–Trinajstić information content (AvgIpc) is 3.05. The number of aromatic nitrogens is 3. The Bertz CT molecular complexity index is 767. The number of hydrogen-bond acceptors (Lipinski definition) is 4. The lowest BCUT2D eigenvalue weighted by Gasteiger charge is -2.00. The van der Waals surface area contributed by atoms with E-state index in [1.165, 1.54) is 34.0 Å². The zero-order valence-electron chi connectivity index (χ0n) is 11.1. The Morgan fingerprint density at radius 1 is 1.47 bits per heavy atom. The van der Waals surface area contributed by atoms with Crippen LogP contribution in [0.2, 0.25) is 0 Å². The molecule has 0 unspecified atom stereocenters. The molecule has 0 saturated heterocycles. The number of anilines is 1. The Labute approximate surface area is 115 Å². The Morgan fingerprint density at radius 2 is 2.32 bits per heavy atom. The Balaban J connectivity index is 1.90. The lowest BCUT2D eigenvalue weighted by Crippen LogP contribution is -2.04. The first-order chi connectivity index (χ1) is 9.24. The summed E-state index contributed by atoms with van der Waals surface area (Å²) in [6.07, 6.45) is 4.60. The molecule has 0 atom stereocenters. The van der Waals surface area contributed by atoms with Gasteiger partial charge in [0.15, 0.2) is 5.82 Å². The van der Waals surface area contributed by atoms with E-state index in [4.69, 9.17) is 0 Å². The number of nitrogens with one attached hydrogen (secondary N) is 1. The van der Waals surface area contributed by atoms with Crippen LogP contribution in [0.4, 0.5) is 5.82 Å². The van der Waals surface area contributed by atoms with Crippen molar-refractivity contribution in [2.24, 2.45) is 13.0 Å². The van der Waals surface area contributed by atoms with Gasteiger partial charge < -0.3 is 5.32 Å². The molecule has 0 radical (unpaired) electrons. The molecule has 0 aliphatic heterocycles. The fraction of sp³-hybridized carbons (Fsp3) is 0.429. The fourth-order valence-electron chi connectivity index (χ4n) is 2.55. The normalized spacial score (nSPS) is 15.5. The first-order valence-electron chi connectivity index (χ1n) is 6.68. The molecule has 1 aliphatic carbocycles. The summed E-state index contributed by atoms with van der Waals surface area (Å²) in [5.74, 6) is 1.87. The fourth-order valence-corrected chi connectivity index (χ4v) is 3.76. The van der Waals surface area contributed by atoms with E-state index < -0.39 is 0 Å². The van der Waals surface area contributed by atoms with Crippen LogP contribution in [0.1, 0.15) is 18.4 Å². The lowest BCUT2D eigenvalue weighted by molar-refractivity contribution is 0.792. The molecule has 3 aromatic rings. The number of aryl methyl sites for hydroxylation is 2. The highest BCUT2D eigenvalue weighted by Crippen LogP contribution is 2.38. The highest BCUT2D eigenvalue weighted by molar-refractivity contribution is 7.26. The number of fused-ring (bicyclic) bond motifs is 3. The van der Waals surface area contributed by atoms with E-state index in [1.54, 1.807) is 11.3 Å². The van der Waals surface area contributed by atoms with Gasteiger partial charge in [-0.15, -0.1) is 11.3 Å². The van der Waals surface area contributed by atoms with Crippen LogP contribution in [0.5, 0.6) is 0 Å². The van der Waals surface area contributed by atoms with Gasteiger partial charge in [-0.05, 0) is 37.3 Å². The van der Waals surface area contributed by atoms with Crippen LogP contribution in [0.3, 0.4) is 0 Å². The molecule has 0 bridgehead atoms. The Morgan fingerprint density at radius 3 is 3.11 bits per heavy atom. The molecule has 4 nitrogen and oxygen atoms in total. The van der Waals surface area contributed by atoms with Gasteiger partial charge in [0.1, 0.15) is 4.83 Å². The van der Waals surface area contributed by atoms with Gasteiger partial charge in [0, 0.05) is 25.2 Å². The molecule has 1 saturated carbocycles. The minimum absolute atomic E-state index is 0.853. The Kier molecular flexibility index (Phi) is 2.33. The van der Waals surface area contributed by atoms with Crippen LogP contribution < -0.4 is 5.32 Å². The van der Waals surface area contributed by atoms with Gasteiger partial charge in [0.25, 0.3) is 0 Å². The number of nitrogens with zero attached hydrogens (tertiary/aromatic N) is 3. The van der Waals surface area contributed by atoms with Crippen molar-refractivity contribution in [3.05, 3.63) is 17.8 Å². The summed E-state index contributed by atoms with van der Waals surface area (Å²) >= 11 is 1.74. The van der Waals surface area contributed by atoms with E-state index in [2.05, 4.69) is 28.4 Å². The molecule has 5 heteroatoms. The van der Waals surface area contributed by atoms with Gasteiger partial charge in [-0.1, -0.05) is 0 Å². The molecule has 0 aromatic carbocycles. The van der Waals surface area contributed by atoms with Crippen LogP contribution in [0.15, 0.2) is 12.3 Å². The molecule has 0 spiro atoms. The van der Waals surface area contributed by atoms with E-state index in [1.807, 2.05) is 17.9 Å². The van der Waals surface area contributed by atoms with Crippen LogP contribution in [0.25, 0.3) is 20.4 Å². The number of rotatable bonds is 3. The molecular weight excluding hydrogens is 256 g/mol. The molecule has 19 heavy (non-hydrogen) atoms. The van der Waals surface area contributed by atoms with Crippen LogP contribution in [0, 0.1) is 12.8 Å². The molecule has 0 amide bonds. The van der Waals surface area contributed by atoms with Crippen molar-refractivity contribution in [3.8, 4) is 0 Å². The molecule has 1 fully saturated rings. The predicted octanol–water partition coefficient (Wildman–Crippen LogP) is 3.31. The third-order valence-corrected chi connectivity index (χ3v) is 4.91. The summed E-state index contributed by atoms with van der Waals surface area (Å²) in [4.78, 5) is 5.60. The standard InChI is InChI=1S/C14H16N4S/c1-8-5-6-15-14-10(8)11-12(19-14)13(17-18(11)2)16-7-9-3-4-9/h5-6,9H,3-4,7H2,1-2H3,(H,16,17). The summed E-state index contributed by atoms with van der Waals surface area (Å²) in [6, 6.07) is 2.07. The maximum absolute atomic E-state index is 4.63. The summed E-state index contributed by atoms with van der Waals surface area (Å²) in [7, 11) is 2.02. The average molecular weight is 272 g/mol. The first kappa shape index (κ1) is 11.2. The topological polar surface area (TPSA) is 42.7 Å². The third kappa shape index (κ3) is 1.72. The molecule has 98 valence electrons. The highest BCUT2D eigenvalue weighted by atomic mass is 32.1.